The predicted molar refractivity (Wildman–Crippen MR) is 75.4 cm³/mol. The van der Waals surface area contributed by atoms with Crippen molar-refractivity contribution in [3.05, 3.63) is 52.0 Å². The maximum Gasteiger partial charge on any atom is 0.258 e. The summed E-state index contributed by atoms with van der Waals surface area (Å²) in [6.07, 6.45) is 3.07. The lowest BCUT2D eigenvalue weighted by Gasteiger charge is -2.09. The van der Waals surface area contributed by atoms with E-state index in [4.69, 9.17) is 5.73 Å². The standard InChI is InChI=1S/C13H11BrFN3O/c1-7-4-8(16)5-9(12(7)15)13(19)18-11-2-3-17-6-10(11)14/h2-6H,16H2,1H3,(H,17,18,19). The first kappa shape index (κ1) is 13.5. The number of pyridine rings is 1. The molecule has 1 aromatic heterocycles. The second kappa shape index (κ2) is 5.36. The van der Waals surface area contributed by atoms with Gasteiger partial charge in [0.05, 0.1) is 15.7 Å². The number of rotatable bonds is 2. The lowest BCUT2D eigenvalue weighted by atomic mass is 10.1. The van der Waals surface area contributed by atoms with Crippen LogP contribution in [-0.2, 0) is 0 Å². The molecule has 0 aliphatic rings. The van der Waals surface area contributed by atoms with Crippen LogP contribution in [0.5, 0.6) is 0 Å². The second-order valence-electron chi connectivity index (χ2n) is 4.01. The number of carbonyl (C=O) groups excluding carboxylic acids is 1. The number of aromatic nitrogens is 1. The molecule has 98 valence electrons. The van der Waals surface area contributed by atoms with Gasteiger partial charge < -0.3 is 11.1 Å². The number of aryl methyl sites for hydroxylation is 1. The zero-order valence-corrected chi connectivity index (χ0v) is 11.7. The molecule has 0 atom stereocenters. The van der Waals surface area contributed by atoms with Crippen molar-refractivity contribution >= 4 is 33.2 Å². The second-order valence-corrected chi connectivity index (χ2v) is 4.86. The SMILES string of the molecule is Cc1cc(N)cc(C(=O)Nc2ccncc2Br)c1F. The summed E-state index contributed by atoms with van der Waals surface area (Å²) < 4.78 is 14.5. The minimum atomic E-state index is -0.572. The third-order valence-corrected chi connectivity index (χ3v) is 3.17. The molecule has 1 amide bonds. The number of benzene rings is 1. The van der Waals surface area contributed by atoms with Crippen LogP contribution in [0.1, 0.15) is 15.9 Å². The fourth-order valence-electron chi connectivity index (χ4n) is 1.63. The van der Waals surface area contributed by atoms with Crippen LogP contribution < -0.4 is 11.1 Å². The first-order valence-electron chi connectivity index (χ1n) is 5.45. The summed E-state index contributed by atoms with van der Waals surface area (Å²) in [5.41, 5.74) is 6.73. The van der Waals surface area contributed by atoms with E-state index in [2.05, 4.69) is 26.2 Å². The van der Waals surface area contributed by atoms with Gasteiger partial charge in [0.25, 0.3) is 5.91 Å². The molecule has 3 N–H and O–H groups in total. The van der Waals surface area contributed by atoms with Gasteiger partial charge in [-0.1, -0.05) is 0 Å². The molecule has 0 unspecified atom stereocenters. The van der Waals surface area contributed by atoms with E-state index in [0.717, 1.165) is 0 Å². The van der Waals surface area contributed by atoms with E-state index in [-0.39, 0.29) is 5.56 Å². The van der Waals surface area contributed by atoms with Gasteiger partial charge in [0, 0.05) is 18.1 Å². The molecule has 6 heteroatoms. The van der Waals surface area contributed by atoms with Crippen molar-refractivity contribution in [2.75, 3.05) is 11.1 Å². The Morgan fingerprint density at radius 1 is 1.47 bits per heavy atom. The molecule has 4 nitrogen and oxygen atoms in total. The molecule has 19 heavy (non-hydrogen) atoms. The minimum absolute atomic E-state index is 0.0822. The van der Waals surface area contributed by atoms with E-state index in [1.165, 1.54) is 24.5 Å². The van der Waals surface area contributed by atoms with Gasteiger partial charge in [0.15, 0.2) is 0 Å². The van der Waals surface area contributed by atoms with Crippen LogP contribution in [0.2, 0.25) is 0 Å². The molecule has 0 spiro atoms. The molecule has 0 saturated heterocycles. The number of nitrogen functional groups attached to an aromatic ring is 1. The summed E-state index contributed by atoms with van der Waals surface area (Å²) in [6.45, 7) is 1.56. The van der Waals surface area contributed by atoms with Crippen molar-refractivity contribution in [3.8, 4) is 0 Å². The number of amides is 1. The minimum Gasteiger partial charge on any atom is -0.399 e. The Morgan fingerprint density at radius 2 is 2.21 bits per heavy atom. The van der Waals surface area contributed by atoms with Crippen LogP contribution in [0.4, 0.5) is 15.8 Å². The highest BCUT2D eigenvalue weighted by atomic mass is 79.9. The average Bonchev–Trinajstić information content (AvgIpc) is 2.36. The third-order valence-electron chi connectivity index (χ3n) is 2.54. The molecule has 0 saturated carbocycles. The fourth-order valence-corrected chi connectivity index (χ4v) is 1.98. The van der Waals surface area contributed by atoms with E-state index >= 15 is 0 Å². The summed E-state index contributed by atoms with van der Waals surface area (Å²) in [7, 11) is 0. The number of nitrogens with two attached hydrogens (primary N) is 1. The largest absolute Gasteiger partial charge is 0.399 e. The number of hydrogen-bond donors (Lipinski definition) is 2. The molecule has 2 rings (SSSR count). The number of halogens is 2. The Hall–Kier alpha value is -1.95. The molecule has 0 aliphatic heterocycles. The molecule has 2 aromatic rings. The molecule has 0 fully saturated rings. The van der Waals surface area contributed by atoms with Crippen LogP contribution in [0.3, 0.4) is 0 Å². The zero-order valence-electron chi connectivity index (χ0n) is 10.1. The first-order valence-corrected chi connectivity index (χ1v) is 6.25. The fraction of sp³-hybridized carbons (Fsp3) is 0.0769. The zero-order chi connectivity index (χ0) is 14.0. The van der Waals surface area contributed by atoms with Crippen LogP contribution in [0.15, 0.2) is 35.1 Å². The normalized spacial score (nSPS) is 10.3. The predicted octanol–water partition coefficient (Wildman–Crippen LogP) is 3.13. The lowest BCUT2D eigenvalue weighted by molar-refractivity contribution is 0.102. The van der Waals surface area contributed by atoms with Crippen molar-refractivity contribution in [1.29, 1.82) is 0 Å². The number of nitrogens with one attached hydrogen (secondary N) is 1. The van der Waals surface area contributed by atoms with E-state index in [9.17, 15) is 9.18 Å². The van der Waals surface area contributed by atoms with Crippen molar-refractivity contribution in [2.45, 2.75) is 6.92 Å². The van der Waals surface area contributed by atoms with E-state index in [1.54, 1.807) is 13.0 Å². The number of carbonyl (C=O) groups is 1. The Balaban J connectivity index is 2.33. The van der Waals surface area contributed by atoms with Gasteiger partial charge in [0.1, 0.15) is 5.82 Å². The third kappa shape index (κ3) is 2.90. The molecule has 0 radical (unpaired) electrons. The number of anilines is 2. The van der Waals surface area contributed by atoms with Gasteiger partial charge >= 0.3 is 0 Å². The maximum absolute atomic E-state index is 13.9. The topological polar surface area (TPSA) is 68.0 Å². The summed E-state index contributed by atoms with van der Waals surface area (Å²) in [4.78, 5) is 15.9. The van der Waals surface area contributed by atoms with Gasteiger partial charge in [-0.2, -0.15) is 0 Å². The van der Waals surface area contributed by atoms with Crippen LogP contribution in [-0.4, -0.2) is 10.9 Å². The van der Waals surface area contributed by atoms with Crippen molar-refractivity contribution < 1.29 is 9.18 Å². The Morgan fingerprint density at radius 3 is 2.89 bits per heavy atom. The van der Waals surface area contributed by atoms with Gasteiger partial charge in [0.2, 0.25) is 0 Å². The maximum atomic E-state index is 13.9. The average molecular weight is 324 g/mol. The summed E-state index contributed by atoms with van der Waals surface area (Å²) in [5.74, 6) is -1.13. The molecular weight excluding hydrogens is 313 g/mol. The quantitative estimate of drug-likeness (QED) is 0.834. The van der Waals surface area contributed by atoms with Crippen molar-refractivity contribution in [2.24, 2.45) is 0 Å². The number of nitrogens with zero attached hydrogens (tertiary/aromatic N) is 1. The van der Waals surface area contributed by atoms with E-state index in [1.807, 2.05) is 0 Å². The number of hydrogen-bond acceptors (Lipinski definition) is 3. The Labute approximate surface area is 118 Å². The smallest absolute Gasteiger partial charge is 0.258 e. The van der Waals surface area contributed by atoms with Crippen LogP contribution >= 0.6 is 15.9 Å². The van der Waals surface area contributed by atoms with Crippen molar-refractivity contribution in [3.63, 3.8) is 0 Å². The van der Waals surface area contributed by atoms with Gasteiger partial charge in [-0.25, -0.2) is 4.39 Å². The highest BCUT2D eigenvalue weighted by molar-refractivity contribution is 9.10. The molecular formula is C13H11BrFN3O. The van der Waals surface area contributed by atoms with Crippen LogP contribution in [0, 0.1) is 12.7 Å². The molecule has 0 bridgehead atoms. The summed E-state index contributed by atoms with van der Waals surface area (Å²) in [5, 5.41) is 2.60. The highest BCUT2D eigenvalue weighted by Gasteiger charge is 2.15. The van der Waals surface area contributed by atoms with E-state index < -0.39 is 11.7 Å². The Kier molecular flexibility index (Phi) is 3.80. The first-order chi connectivity index (χ1) is 8.99. The summed E-state index contributed by atoms with van der Waals surface area (Å²) in [6, 6.07) is 4.40. The van der Waals surface area contributed by atoms with E-state index in [0.29, 0.717) is 21.4 Å². The molecule has 1 aromatic carbocycles. The van der Waals surface area contributed by atoms with Gasteiger partial charge in [-0.15, -0.1) is 0 Å². The monoisotopic (exact) mass is 323 g/mol. The highest BCUT2D eigenvalue weighted by Crippen LogP contribution is 2.22. The summed E-state index contributed by atoms with van der Waals surface area (Å²) >= 11 is 3.25. The van der Waals surface area contributed by atoms with Crippen molar-refractivity contribution in [1.82, 2.24) is 4.98 Å². The lowest BCUT2D eigenvalue weighted by Crippen LogP contribution is -2.15. The van der Waals surface area contributed by atoms with Gasteiger partial charge in [-0.05, 0) is 46.6 Å². The Bertz CT molecular complexity index is 646. The van der Waals surface area contributed by atoms with Gasteiger partial charge in [-0.3, -0.25) is 9.78 Å². The molecule has 1 heterocycles. The molecule has 0 aliphatic carbocycles. The van der Waals surface area contributed by atoms with Crippen LogP contribution in [0.25, 0.3) is 0 Å².